The second kappa shape index (κ2) is 9.30. The Kier molecular flexibility index (Phi) is 6.82. The summed E-state index contributed by atoms with van der Waals surface area (Å²) in [7, 11) is 0. The van der Waals surface area contributed by atoms with E-state index >= 15 is 0 Å². The summed E-state index contributed by atoms with van der Waals surface area (Å²) in [5.74, 6) is 0.331. The molecule has 1 N–H and O–H groups in total. The molecule has 0 saturated heterocycles. The van der Waals surface area contributed by atoms with Gasteiger partial charge in [0.15, 0.2) is 0 Å². The molecule has 0 radical (unpaired) electrons. The van der Waals surface area contributed by atoms with Gasteiger partial charge < -0.3 is 10.1 Å². The van der Waals surface area contributed by atoms with Crippen molar-refractivity contribution in [2.75, 3.05) is 12.4 Å². The summed E-state index contributed by atoms with van der Waals surface area (Å²) in [5.41, 5.74) is 3.41. The average Bonchev–Trinajstić information content (AvgIpc) is 2.98. The van der Waals surface area contributed by atoms with Gasteiger partial charge in [0.05, 0.1) is 12.4 Å². The number of fused-ring (bicyclic) bond motifs is 1. The van der Waals surface area contributed by atoms with Crippen LogP contribution in [0, 0.1) is 13.8 Å². The molecule has 2 aromatic heterocycles. The van der Waals surface area contributed by atoms with Gasteiger partial charge in [0, 0.05) is 23.4 Å². The third-order valence-corrected chi connectivity index (χ3v) is 6.36. The van der Waals surface area contributed by atoms with Crippen LogP contribution in [-0.4, -0.2) is 28.2 Å². The molecule has 0 bridgehead atoms. The van der Waals surface area contributed by atoms with E-state index in [0.29, 0.717) is 25.5 Å². The van der Waals surface area contributed by atoms with E-state index in [1.807, 2.05) is 31.2 Å². The third-order valence-electron chi connectivity index (χ3n) is 4.26. The van der Waals surface area contributed by atoms with Crippen LogP contribution >= 0.6 is 23.1 Å². The minimum atomic E-state index is -0.00485. The van der Waals surface area contributed by atoms with Crippen molar-refractivity contribution < 1.29 is 9.53 Å². The summed E-state index contributed by atoms with van der Waals surface area (Å²) in [6.45, 7) is 7.99. The fourth-order valence-corrected chi connectivity index (χ4v) is 4.57. The van der Waals surface area contributed by atoms with E-state index in [4.69, 9.17) is 4.74 Å². The Morgan fingerprint density at radius 1 is 1.19 bits per heavy atom. The minimum absolute atomic E-state index is 0.00485. The van der Waals surface area contributed by atoms with Crippen LogP contribution in [0.3, 0.4) is 0 Å². The number of aromatic nitrogens is 2. The standard InChI is InChI=1S/C20H23N3O2S2/c1-4-25-10-16-7-5-15(6-8-16)9-21-17(24)11-26-19-18-13(2)14(3)27-20(18)23-12-22-19/h5-8,12H,4,9-11H2,1-3H3,(H,21,24). The molecule has 1 amide bonds. The minimum Gasteiger partial charge on any atom is -0.377 e. The van der Waals surface area contributed by atoms with E-state index in [2.05, 4.69) is 29.1 Å². The van der Waals surface area contributed by atoms with Gasteiger partial charge in [0.25, 0.3) is 0 Å². The van der Waals surface area contributed by atoms with Crippen molar-refractivity contribution in [1.82, 2.24) is 15.3 Å². The van der Waals surface area contributed by atoms with Crippen LogP contribution in [0.2, 0.25) is 0 Å². The second-order valence-electron chi connectivity index (χ2n) is 6.16. The predicted molar refractivity (Wildman–Crippen MR) is 111 cm³/mol. The van der Waals surface area contributed by atoms with Gasteiger partial charge in [-0.2, -0.15) is 0 Å². The van der Waals surface area contributed by atoms with Crippen molar-refractivity contribution in [3.63, 3.8) is 0 Å². The van der Waals surface area contributed by atoms with Crippen molar-refractivity contribution in [1.29, 1.82) is 0 Å². The number of ether oxygens (including phenoxy) is 1. The number of nitrogens with zero attached hydrogens (tertiary/aromatic N) is 2. The number of carbonyl (C=O) groups excluding carboxylic acids is 1. The van der Waals surface area contributed by atoms with E-state index in [1.54, 1.807) is 17.7 Å². The first-order valence-electron chi connectivity index (χ1n) is 8.84. The maximum atomic E-state index is 12.2. The van der Waals surface area contributed by atoms with Crippen molar-refractivity contribution in [2.24, 2.45) is 0 Å². The first-order valence-corrected chi connectivity index (χ1v) is 10.6. The Morgan fingerprint density at radius 3 is 2.67 bits per heavy atom. The van der Waals surface area contributed by atoms with E-state index in [1.165, 1.54) is 22.2 Å². The molecule has 5 nitrogen and oxygen atoms in total. The summed E-state index contributed by atoms with van der Waals surface area (Å²) < 4.78 is 5.39. The molecule has 3 aromatic rings. The molecule has 3 rings (SSSR count). The molecule has 1 aromatic carbocycles. The van der Waals surface area contributed by atoms with Gasteiger partial charge in [0.2, 0.25) is 5.91 Å². The van der Waals surface area contributed by atoms with Crippen LogP contribution in [0.1, 0.15) is 28.5 Å². The fourth-order valence-electron chi connectivity index (χ4n) is 2.62. The fraction of sp³-hybridized carbons (Fsp3) is 0.350. The Labute approximate surface area is 167 Å². The monoisotopic (exact) mass is 401 g/mol. The Morgan fingerprint density at radius 2 is 1.93 bits per heavy atom. The lowest BCUT2D eigenvalue weighted by Gasteiger charge is -2.07. The Hall–Kier alpha value is -1.96. The molecule has 0 atom stereocenters. The molecule has 0 unspecified atom stereocenters. The second-order valence-corrected chi connectivity index (χ2v) is 8.33. The first-order chi connectivity index (χ1) is 13.1. The van der Waals surface area contributed by atoms with Gasteiger partial charge in [-0.05, 0) is 37.5 Å². The topological polar surface area (TPSA) is 64.1 Å². The zero-order chi connectivity index (χ0) is 19.2. The summed E-state index contributed by atoms with van der Waals surface area (Å²) in [5, 5.41) is 4.91. The number of amides is 1. The van der Waals surface area contributed by atoms with Crippen LogP contribution in [0.5, 0.6) is 0 Å². The predicted octanol–water partition coefficient (Wildman–Crippen LogP) is 4.25. The summed E-state index contributed by atoms with van der Waals surface area (Å²) in [4.78, 5) is 23.2. The highest BCUT2D eigenvalue weighted by Gasteiger charge is 2.13. The molecule has 0 aliphatic rings. The zero-order valence-electron chi connectivity index (χ0n) is 15.7. The van der Waals surface area contributed by atoms with Gasteiger partial charge in [-0.3, -0.25) is 4.79 Å². The van der Waals surface area contributed by atoms with Gasteiger partial charge in [-0.25, -0.2) is 9.97 Å². The summed E-state index contributed by atoms with van der Waals surface area (Å²) >= 11 is 3.13. The smallest absolute Gasteiger partial charge is 0.230 e. The lowest BCUT2D eigenvalue weighted by molar-refractivity contribution is -0.118. The van der Waals surface area contributed by atoms with Gasteiger partial charge >= 0.3 is 0 Å². The number of thiophene rings is 1. The number of carbonyl (C=O) groups is 1. The van der Waals surface area contributed by atoms with Crippen molar-refractivity contribution >= 4 is 39.2 Å². The summed E-state index contributed by atoms with van der Waals surface area (Å²) in [6, 6.07) is 8.11. The summed E-state index contributed by atoms with van der Waals surface area (Å²) in [6.07, 6.45) is 1.57. The SMILES string of the molecule is CCOCc1ccc(CNC(=O)CSc2ncnc3sc(C)c(C)c23)cc1. The molecule has 0 fully saturated rings. The van der Waals surface area contributed by atoms with Crippen LogP contribution in [-0.2, 0) is 22.7 Å². The maximum Gasteiger partial charge on any atom is 0.230 e. The largest absolute Gasteiger partial charge is 0.377 e. The van der Waals surface area contributed by atoms with E-state index < -0.39 is 0 Å². The number of benzene rings is 1. The molecular formula is C20H23N3O2S2. The highest BCUT2D eigenvalue weighted by atomic mass is 32.2. The molecule has 0 saturated carbocycles. The van der Waals surface area contributed by atoms with Crippen LogP contribution in [0.25, 0.3) is 10.2 Å². The Bertz CT molecular complexity index is 923. The Balaban J connectivity index is 1.53. The van der Waals surface area contributed by atoms with E-state index in [-0.39, 0.29) is 5.91 Å². The maximum absolute atomic E-state index is 12.2. The lowest BCUT2D eigenvalue weighted by Crippen LogP contribution is -2.24. The number of hydrogen-bond donors (Lipinski definition) is 1. The first kappa shape index (κ1) is 19.8. The molecule has 27 heavy (non-hydrogen) atoms. The molecular weight excluding hydrogens is 378 g/mol. The average molecular weight is 402 g/mol. The van der Waals surface area contributed by atoms with Crippen molar-refractivity contribution in [3.8, 4) is 0 Å². The number of rotatable bonds is 8. The van der Waals surface area contributed by atoms with Crippen molar-refractivity contribution in [3.05, 3.63) is 52.2 Å². The molecule has 0 aliphatic carbocycles. The molecule has 142 valence electrons. The van der Waals surface area contributed by atoms with Gasteiger partial charge in [0.1, 0.15) is 16.2 Å². The van der Waals surface area contributed by atoms with Crippen LogP contribution in [0.15, 0.2) is 35.6 Å². The van der Waals surface area contributed by atoms with Gasteiger partial charge in [-0.15, -0.1) is 11.3 Å². The normalized spacial score (nSPS) is 11.1. The van der Waals surface area contributed by atoms with Gasteiger partial charge in [-0.1, -0.05) is 36.0 Å². The lowest BCUT2D eigenvalue weighted by atomic mass is 10.1. The zero-order valence-corrected chi connectivity index (χ0v) is 17.4. The molecule has 0 spiro atoms. The molecule has 7 heteroatoms. The van der Waals surface area contributed by atoms with E-state index in [9.17, 15) is 4.79 Å². The van der Waals surface area contributed by atoms with Crippen molar-refractivity contribution in [2.45, 2.75) is 38.9 Å². The number of hydrogen-bond acceptors (Lipinski definition) is 6. The third kappa shape index (κ3) is 5.06. The van der Waals surface area contributed by atoms with Crippen LogP contribution in [0.4, 0.5) is 0 Å². The number of nitrogens with one attached hydrogen (secondary N) is 1. The van der Waals surface area contributed by atoms with E-state index in [0.717, 1.165) is 26.4 Å². The molecule has 0 aliphatic heterocycles. The number of thioether (sulfide) groups is 1. The van der Waals surface area contributed by atoms with Crippen LogP contribution < -0.4 is 5.32 Å². The molecule has 2 heterocycles. The highest BCUT2D eigenvalue weighted by molar-refractivity contribution is 8.00. The number of aryl methyl sites for hydroxylation is 2. The highest BCUT2D eigenvalue weighted by Crippen LogP contribution is 2.34. The quantitative estimate of drug-likeness (QED) is 0.451.